The van der Waals surface area contributed by atoms with Crippen LogP contribution in [-0.2, 0) is 0 Å². The van der Waals surface area contributed by atoms with Crippen molar-refractivity contribution in [2.45, 2.75) is 6.92 Å². The van der Waals surface area contributed by atoms with Gasteiger partial charge in [0.1, 0.15) is 16.2 Å². The molecule has 0 saturated heterocycles. The maximum Gasteiger partial charge on any atom is 0.145 e. The van der Waals surface area contributed by atoms with Crippen LogP contribution in [0.15, 0.2) is 64.5 Å². The summed E-state index contributed by atoms with van der Waals surface area (Å²) in [5.74, 6) is 0. The summed E-state index contributed by atoms with van der Waals surface area (Å²) in [6.45, 7) is 2.11. The number of fused-ring (bicyclic) bond motifs is 5. The fourth-order valence-electron chi connectivity index (χ4n) is 3.32. The number of aromatic nitrogens is 1. The van der Waals surface area contributed by atoms with Crippen molar-refractivity contribution in [3.8, 4) is 10.6 Å². The molecule has 5 aromatic rings. The lowest BCUT2D eigenvalue weighted by Crippen LogP contribution is -1.83. The van der Waals surface area contributed by atoms with Gasteiger partial charge in [0.25, 0.3) is 0 Å². The van der Waals surface area contributed by atoms with E-state index in [-0.39, 0.29) is 0 Å². The third-order valence-electron chi connectivity index (χ3n) is 4.38. The molecule has 0 amide bonds. The smallest absolute Gasteiger partial charge is 0.145 e. The van der Waals surface area contributed by atoms with Crippen molar-refractivity contribution in [2.75, 3.05) is 0 Å². The number of thiazole rings is 1. The monoisotopic (exact) mass is 315 g/mol. The van der Waals surface area contributed by atoms with E-state index in [1.807, 2.05) is 11.6 Å². The van der Waals surface area contributed by atoms with Gasteiger partial charge in [-0.3, -0.25) is 0 Å². The summed E-state index contributed by atoms with van der Waals surface area (Å²) >= 11 is 1.65. The van der Waals surface area contributed by atoms with Gasteiger partial charge in [0.05, 0.1) is 5.56 Å². The first-order valence-corrected chi connectivity index (χ1v) is 8.44. The Bertz CT molecular complexity index is 1170. The van der Waals surface area contributed by atoms with E-state index >= 15 is 0 Å². The minimum atomic E-state index is 0.933. The largest absolute Gasteiger partial charge is 0.455 e. The molecule has 0 saturated carbocycles. The molecule has 5 rings (SSSR count). The first-order valence-electron chi connectivity index (χ1n) is 7.56. The van der Waals surface area contributed by atoms with Crippen LogP contribution in [0.1, 0.15) is 5.56 Å². The second-order valence-corrected chi connectivity index (χ2v) is 6.63. The van der Waals surface area contributed by atoms with Crippen molar-refractivity contribution in [2.24, 2.45) is 0 Å². The number of rotatable bonds is 1. The Hall–Kier alpha value is -2.65. The third kappa shape index (κ3) is 1.77. The quantitative estimate of drug-likeness (QED) is 0.369. The molecular weight excluding hydrogens is 302 g/mol. The molecule has 0 fully saturated rings. The summed E-state index contributed by atoms with van der Waals surface area (Å²) in [7, 11) is 0. The lowest BCUT2D eigenvalue weighted by Gasteiger charge is -2.03. The van der Waals surface area contributed by atoms with Crippen molar-refractivity contribution < 1.29 is 4.42 Å². The Morgan fingerprint density at radius 1 is 0.957 bits per heavy atom. The van der Waals surface area contributed by atoms with E-state index in [0.717, 1.165) is 27.1 Å². The van der Waals surface area contributed by atoms with Crippen LogP contribution in [0.3, 0.4) is 0 Å². The molecule has 0 N–H and O–H groups in total. The van der Waals surface area contributed by atoms with Gasteiger partial charge in [-0.05, 0) is 29.3 Å². The summed E-state index contributed by atoms with van der Waals surface area (Å²) in [6.07, 6.45) is 1.84. The average molecular weight is 315 g/mol. The number of nitrogens with zero attached hydrogens (tertiary/aromatic N) is 1. The number of benzene rings is 3. The molecule has 0 atom stereocenters. The number of aryl methyl sites for hydroxylation is 1. The van der Waals surface area contributed by atoms with Crippen molar-refractivity contribution in [3.05, 3.63) is 65.7 Å². The van der Waals surface area contributed by atoms with Gasteiger partial charge in [0, 0.05) is 22.3 Å². The van der Waals surface area contributed by atoms with Crippen LogP contribution in [-0.4, -0.2) is 4.98 Å². The average Bonchev–Trinajstić information content (AvgIpc) is 3.21. The molecule has 110 valence electrons. The standard InChI is InChI=1S/C20H13NOS/c1-12-6-8-15-18-14-5-3-2-4-13(14)7-9-16(18)22-19(15)17(12)20-21-10-11-23-20/h2-11H,1H3. The third-order valence-corrected chi connectivity index (χ3v) is 5.17. The van der Waals surface area contributed by atoms with Crippen LogP contribution in [0.4, 0.5) is 0 Å². The molecular formula is C20H13NOS. The molecule has 2 nitrogen and oxygen atoms in total. The molecule has 0 spiro atoms. The lowest BCUT2D eigenvalue weighted by molar-refractivity contribution is 0.670. The molecule has 0 aliphatic rings. The van der Waals surface area contributed by atoms with Crippen molar-refractivity contribution in [3.63, 3.8) is 0 Å². The zero-order valence-corrected chi connectivity index (χ0v) is 13.4. The van der Waals surface area contributed by atoms with E-state index in [1.54, 1.807) is 11.3 Å². The molecule has 3 heteroatoms. The fourth-order valence-corrected chi connectivity index (χ4v) is 4.06. The molecule has 23 heavy (non-hydrogen) atoms. The normalized spacial score (nSPS) is 11.7. The van der Waals surface area contributed by atoms with Crippen LogP contribution in [0.25, 0.3) is 43.3 Å². The Balaban J connectivity index is 2.02. The molecule has 3 aromatic carbocycles. The zero-order valence-electron chi connectivity index (χ0n) is 12.5. The van der Waals surface area contributed by atoms with Crippen molar-refractivity contribution in [1.82, 2.24) is 4.98 Å². The first kappa shape index (κ1) is 12.9. The second kappa shape index (κ2) is 4.67. The predicted molar refractivity (Wildman–Crippen MR) is 97.1 cm³/mol. The van der Waals surface area contributed by atoms with Crippen LogP contribution in [0.2, 0.25) is 0 Å². The zero-order chi connectivity index (χ0) is 15.4. The van der Waals surface area contributed by atoms with Gasteiger partial charge in [-0.25, -0.2) is 4.98 Å². The molecule has 2 aromatic heterocycles. The van der Waals surface area contributed by atoms with E-state index in [2.05, 4.69) is 60.4 Å². The maximum absolute atomic E-state index is 6.26. The SMILES string of the molecule is Cc1ccc2c(oc3ccc4ccccc4c32)c1-c1nccs1. The van der Waals surface area contributed by atoms with E-state index < -0.39 is 0 Å². The highest BCUT2D eigenvalue weighted by Gasteiger charge is 2.17. The molecule has 0 aliphatic heterocycles. The van der Waals surface area contributed by atoms with E-state index in [1.165, 1.54) is 21.7 Å². The first-order chi connectivity index (χ1) is 11.3. The van der Waals surface area contributed by atoms with E-state index in [4.69, 9.17) is 4.42 Å². The second-order valence-electron chi connectivity index (χ2n) is 5.73. The Kier molecular flexibility index (Phi) is 2.61. The predicted octanol–water partition coefficient (Wildman–Crippen LogP) is 6.17. The highest BCUT2D eigenvalue weighted by Crippen LogP contribution is 2.40. The Labute approximate surface area is 137 Å². The number of hydrogen-bond acceptors (Lipinski definition) is 3. The molecule has 0 aliphatic carbocycles. The highest BCUT2D eigenvalue weighted by atomic mass is 32.1. The summed E-state index contributed by atoms with van der Waals surface area (Å²) in [5.41, 5.74) is 4.17. The topological polar surface area (TPSA) is 26.0 Å². The molecule has 0 unspecified atom stereocenters. The van der Waals surface area contributed by atoms with Gasteiger partial charge >= 0.3 is 0 Å². The minimum Gasteiger partial charge on any atom is -0.455 e. The molecule has 0 bridgehead atoms. The van der Waals surface area contributed by atoms with Crippen LogP contribution < -0.4 is 0 Å². The van der Waals surface area contributed by atoms with Crippen molar-refractivity contribution in [1.29, 1.82) is 0 Å². The Morgan fingerprint density at radius 2 is 1.87 bits per heavy atom. The van der Waals surface area contributed by atoms with Gasteiger partial charge in [0.2, 0.25) is 0 Å². The van der Waals surface area contributed by atoms with Gasteiger partial charge < -0.3 is 4.42 Å². The van der Waals surface area contributed by atoms with Crippen LogP contribution in [0, 0.1) is 6.92 Å². The van der Waals surface area contributed by atoms with Gasteiger partial charge in [-0.15, -0.1) is 11.3 Å². The summed E-state index contributed by atoms with van der Waals surface area (Å²) in [6, 6.07) is 17.0. The molecule has 0 radical (unpaired) electrons. The summed E-state index contributed by atoms with van der Waals surface area (Å²) < 4.78 is 6.26. The maximum atomic E-state index is 6.26. The summed E-state index contributed by atoms with van der Waals surface area (Å²) in [5, 5.41) is 7.84. The summed E-state index contributed by atoms with van der Waals surface area (Å²) in [4.78, 5) is 4.49. The Morgan fingerprint density at radius 3 is 2.74 bits per heavy atom. The van der Waals surface area contributed by atoms with E-state index in [9.17, 15) is 0 Å². The van der Waals surface area contributed by atoms with Crippen LogP contribution in [0.5, 0.6) is 0 Å². The lowest BCUT2D eigenvalue weighted by atomic mass is 10.0. The van der Waals surface area contributed by atoms with Gasteiger partial charge in [-0.1, -0.05) is 42.5 Å². The fraction of sp³-hybridized carbons (Fsp3) is 0.0500. The number of furan rings is 1. The molecule has 2 heterocycles. The van der Waals surface area contributed by atoms with E-state index in [0.29, 0.717) is 0 Å². The van der Waals surface area contributed by atoms with Crippen LogP contribution >= 0.6 is 11.3 Å². The minimum absolute atomic E-state index is 0.933. The van der Waals surface area contributed by atoms with Gasteiger partial charge in [0.15, 0.2) is 0 Å². The highest BCUT2D eigenvalue weighted by molar-refractivity contribution is 7.13. The number of hydrogen-bond donors (Lipinski definition) is 0. The van der Waals surface area contributed by atoms with Crippen molar-refractivity contribution >= 4 is 44.0 Å². The van der Waals surface area contributed by atoms with Gasteiger partial charge in [-0.2, -0.15) is 0 Å².